The maximum absolute atomic E-state index is 5.95. The summed E-state index contributed by atoms with van der Waals surface area (Å²) < 4.78 is 11.0. The predicted octanol–water partition coefficient (Wildman–Crippen LogP) is 1.43. The molecule has 1 saturated heterocycles. The van der Waals surface area contributed by atoms with Crippen molar-refractivity contribution in [2.45, 2.75) is 43.6 Å². The first kappa shape index (κ1) is 10.1. The summed E-state index contributed by atoms with van der Waals surface area (Å²) in [5.74, 6) is 0.481. The molecule has 2 fully saturated rings. The van der Waals surface area contributed by atoms with Gasteiger partial charge in [0.25, 0.3) is 0 Å². The molecule has 80 valence electrons. The van der Waals surface area contributed by atoms with Gasteiger partial charge in [-0.15, -0.1) is 6.58 Å². The van der Waals surface area contributed by atoms with Crippen molar-refractivity contribution in [2.75, 3.05) is 7.11 Å². The van der Waals surface area contributed by atoms with Gasteiger partial charge in [-0.05, 0) is 32.1 Å². The first-order valence-corrected chi connectivity index (χ1v) is 5.19. The molecule has 3 heteroatoms. The summed E-state index contributed by atoms with van der Waals surface area (Å²) in [7, 11) is 1.74. The summed E-state index contributed by atoms with van der Waals surface area (Å²) in [5, 5.41) is 0. The van der Waals surface area contributed by atoms with Gasteiger partial charge in [-0.25, -0.2) is 0 Å². The number of hydrogen-bond donors (Lipinski definition) is 1. The summed E-state index contributed by atoms with van der Waals surface area (Å²) in [6.45, 7) is 5.92. The molecule has 2 rings (SSSR count). The minimum absolute atomic E-state index is 0.229. The second-order valence-electron chi connectivity index (χ2n) is 4.62. The topological polar surface area (TPSA) is 47.8 Å². The SMILES string of the molecule is C=CC(C)(OC)[C@H]1CC[C@]2(N)OC2C1. The quantitative estimate of drug-likeness (QED) is 0.550. The summed E-state index contributed by atoms with van der Waals surface area (Å²) in [6, 6.07) is 0. The Hall–Kier alpha value is -0.380. The Morgan fingerprint density at radius 1 is 1.71 bits per heavy atom. The third-order valence-electron chi connectivity index (χ3n) is 3.89. The standard InChI is InChI=1S/C11H19NO2/c1-4-10(2,13-3)8-5-6-11(12)9(7-8)14-11/h4,8-9H,1,5-7,12H2,2-3H3/t8-,9?,10?,11-/m0/s1. The highest BCUT2D eigenvalue weighted by Gasteiger charge is 2.58. The molecular formula is C11H19NO2. The highest BCUT2D eigenvalue weighted by atomic mass is 16.6. The molecule has 0 spiro atoms. The van der Waals surface area contributed by atoms with E-state index in [2.05, 4.69) is 13.5 Å². The minimum atomic E-state index is -0.299. The van der Waals surface area contributed by atoms with E-state index in [-0.39, 0.29) is 17.4 Å². The van der Waals surface area contributed by atoms with Crippen molar-refractivity contribution in [3.8, 4) is 0 Å². The number of nitrogens with two attached hydrogens (primary N) is 1. The second-order valence-corrected chi connectivity index (χ2v) is 4.62. The molecule has 1 aliphatic carbocycles. The van der Waals surface area contributed by atoms with Crippen LogP contribution in [0.3, 0.4) is 0 Å². The van der Waals surface area contributed by atoms with Gasteiger partial charge < -0.3 is 15.2 Å². The largest absolute Gasteiger partial charge is 0.374 e. The molecule has 1 heterocycles. The van der Waals surface area contributed by atoms with E-state index in [0.717, 1.165) is 19.3 Å². The average molecular weight is 197 g/mol. The van der Waals surface area contributed by atoms with Crippen LogP contribution in [-0.4, -0.2) is 24.5 Å². The average Bonchev–Trinajstić information content (AvgIpc) is 2.87. The fourth-order valence-electron chi connectivity index (χ4n) is 2.41. The second kappa shape index (κ2) is 3.05. The summed E-state index contributed by atoms with van der Waals surface area (Å²) in [5.41, 5.74) is 5.42. The van der Waals surface area contributed by atoms with Crippen LogP contribution < -0.4 is 5.73 Å². The van der Waals surface area contributed by atoms with Gasteiger partial charge in [0.05, 0.1) is 5.60 Å². The van der Waals surface area contributed by atoms with Crippen LogP contribution in [0.1, 0.15) is 26.2 Å². The van der Waals surface area contributed by atoms with Crippen LogP contribution in [-0.2, 0) is 9.47 Å². The van der Waals surface area contributed by atoms with Crippen molar-refractivity contribution in [3.05, 3.63) is 12.7 Å². The minimum Gasteiger partial charge on any atom is -0.374 e. The molecule has 0 aromatic heterocycles. The molecule has 1 aliphatic heterocycles. The van der Waals surface area contributed by atoms with E-state index in [4.69, 9.17) is 15.2 Å². The van der Waals surface area contributed by atoms with Crippen molar-refractivity contribution >= 4 is 0 Å². The Morgan fingerprint density at radius 3 is 2.93 bits per heavy atom. The molecule has 2 N–H and O–H groups in total. The maximum Gasteiger partial charge on any atom is 0.143 e. The normalized spacial score (nSPS) is 45.1. The van der Waals surface area contributed by atoms with Crippen LogP contribution in [0.25, 0.3) is 0 Å². The van der Waals surface area contributed by atoms with E-state index >= 15 is 0 Å². The van der Waals surface area contributed by atoms with Gasteiger partial charge in [-0.3, -0.25) is 0 Å². The number of methoxy groups -OCH3 is 1. The lowest BCUT2D eigenvalue weighted by atomic mass is 9.76. The first-order valence-electron chi connectivity index (χ1n) is 5.19. The van der Waals surface area contributed by atoms with E-state index in [1.54, 1.807) is 7.11 Å². The van der Waals surface area contributed by atoms with E-state index in [9.17, 15) is 0 Å². The van der Waals surface area contributed by atoms with Gasteiger partial charge in [-0.2, -0.15) is 0 Å². The zero-order valence-corrected chi connectivity index (χ0v) is 8.95. The van der Waals surface area contributed by atoms with Crippen molar-refractivity contribution in [3.63, 3.8) is 0 Å². The molecule has 0 radical (unpaired) electrons. The lowest BCUT2D eigenvalue weighted by Gasteiger charge is -2.36. The van der Waals surface area contributed by atoms with Gasteiger partial charge in [0, 0.05) is 7.11 Å². The Bertz CT molecular complexity index is 256. The number of fused-ring (bicyclic) bond motifs is 1. The summed E-state index contributed by atoms with van der Waals surface area (Å²) >= 11 is 0. The molecule has 0 amide bonds. The molecule has 0 bridgehead atoms. The zero-order valence-electron chi connectivity index (χ0n) is 8.95. The highest BCUT2D eigenvalue weighted by molar-refractivity contribution is 5.09. The lowest BCUT2D eigenvalue weighted by Crippen LogP contribution is -2.42. The highest BCUT2D eigenvalue weighted by Crippen LogP contribution is 2.49. The summed E-state index contributed by atoms with van der Waals surface area (Å²) in [6.07, 6.45) is 5.13. The van der Waals surface area contributed by atoms with Gasteiger partial charge in [0.1, 0.15) is 11.8 Å². The van der Waals surface area contributed by atoms with Gasteiger partial charge in [0.2, 0.25) is 0 Å². The smallest absolute Gasteiger partial charge is 0.143 e. The number of epoxide rings is 1. The number of ether oxygens (including phenoxy) is 2. The van der Waals surface area contributed by atoms with Crippen molar-refractivity contribution < 1.29 is 9.47 Å². The molecule has 14 heavy (non-hydrogen) atoms. The Kier molecular flexibility index (Phi) is 2.21. The van der Waals surface area contributed by atoms with Crippen molar-refractivity contribution in [2.24, 2.45) is 11.7 Å². The molecule has 0 aromatic carbocycles. The lowest BCUT2D eigenvalue weighted by molar-refractivity contribution is -0.0148. The zero-order chi connectivity index (χ0) is 10.4. The summed E-state index contributed by atoms with van der Waals surface area (Å²) in [4.78, 5) is 0. The molecule has 2 aliphatic rings. The number of rotatable bonds is 3. The fraction of sp³-hybridized carbons (Fsp3) is 0.818. The fourth-order valence-corrected chi connectivity index (χ4v) is 2.41. The van der Waals surface area contributed by atoms with Crippen molar-refractivity contribution in [1.82, 2.24) is 0 Å². The predicted molar refractivity (Wildman–Crippen MR) is 54.7 cm³/mol. The molecule has 4 atom stereocenters. The van der Waals surface area contributed by atoms with Crippen molar-refractivity contribution in [1.29, 1.82) is 0 Å². The van der Waals surface area contributed by atoms with Gasteiger partial charge >= 0.3 is 0 Å². The van der Waals surface area contributed by atoms with Crippen LogP contribution in [0.4, 0.5) is 0 Å². The van der Waals surface area contributed by atoms with Crippen LogP contribution in [0.5, 0.6) is 0 Å². The third-order valence-corrected chi connectivity index (χ3v) is 3.89. The molecule has 2 unspecified atom stereocenters. The maximum atomic E-state index is 5.95. The Labute approximate surface area is 85.3 Å². The molecule has 0 aromatic rings. The first-order chi connectivity index (χ1) is 6.54. The Morgan fingerprint density at radius 2 is 2.43 bits per heavy atom. The monoisotopic (exact) mass is 197 g/mol. The van der Waals surface area contributed by atoms with Crippen LogP contribution >= 0.6 is 0 Å². The van der Waals surface area contributed by atoms with Crippen LogP contribution in [0.15, 0.2) is 12.7 Å². The van der Waals surface area contributed by atoms with E-state index in [1.165, 1.54) is 0 Å². The van der Waals surface area contributed by atoms with Gasteiger partial charge in [-0.1, -0.05) is 6.08 Å². The Balaban J connectivity index is 2.03. The van der Waals surface area contributed by atoms with Gasteiger partial charge in [0.15, 0.2) is 0 Å². The molecule has 3 nitrogen and oxygen atoms in total. The van der Waals surface area contributed by atoms with E-state index < -0.39 is 0 Å². The molecular weight excluding hydrogens is 178 g/mol. The van der Waals surface area contributed by atoms with E-state index in [1.807, 2.05) is 6.08 Å². The third kappa shape index (κ3) is 1.40. The molecule has 1 saturated carbocycles. The number of hydrogen-bond acceptors (Lipinski definition) is 3. The van der Waals surface area contributed by atoms with Crippen LogP contribution in [0.2, 0.25) is 0 Å². The van der Waals surface area contributed by atoms with Crippen LogP contribution in [0, 0.1) is 5.92 Å². The van der Waals surface area contributed by atoms with E-state index in [0.29, 0.717) is 5.92 Å².